The van der Waals surface area contributed by atoms with E-state index in [1.165, 1.54) is 4.88 Å². The number of nitrogens with zero attached hydrogens (tertiary/aromatic N) is 1. The number of thiophene rings is 1. The van der Waals surface area contributed by atoms with E-state index in [2.05, 4.69) is 44.5 Å². The maximum absolute atomic E-state index is 12.5. The molecule has 1 amide bonds. The molecule has 2 unspecified atom stereocenters. The minimum atomic E-state index is -0.0455. The van der Waals surface area contributed by atoms with Crippen LogP contribution in [-0.4, -0.2) is 23.4 Å². The van der Waals surface area contributed by atoms with Gasteiger partial charge in [0.1, 0.15) is 6.17 Å². The van der Waals surface area contributed by atoms with Crippen molar-refractivity contribution in [2.75, 3.05) is 6.54 Å². The van der Waals surface area contributed by atoms with Crippen LogP contribution in [0.3, 0.4) is 0 Å². The van der Waals surface area contributed by atoms with E-state index >= 15 is 0 Å². The molecule has 2 atom stereocenters. The van der Waals surface area contributed by atoms with E-state index in [0.717, 1.165) is 6.54 Å². The summed E-state index contributed by atoms with van der Waals surface area (Å²) in [5, 5.41) is 5.55. The lowest BCUT2D eigenvalue weighted by Gasteiger charge is -2.25. The zero-order valence-corrected chi connectivity index (χ0v) is 12.3. The van der Waals surface area contributed by atoms with Crippen molar-refractivity contribution in [3.63, 3.8) is 0 Å². The zero-order chi connectivity index (χ0) is 13.3. The second-order valence-corrected chi connectivity index (χ2v) is 6.67. The summed E-state index contributed by atoms with van der Waals surface area (Å²) in [6.07, 6.45) is 0.0623. The first-order valence-corrected chi connectivity index (χ1v) is 7.48. The smallest absolute Gasteiger partial charge is 0.241 e. The topological polar surface area (TPSA) is 32.3 Å². The van der Waals surface area contributed by atoms with Crippen LogP contribution in [-0.2, 0) is 4.79 Å². The Kier molecular flexibility index (Phi) is 4.07. The number of nitrogens with one attached hydrogen (secondary N) is 1. The summed E-state index contributed by atoms with van der Waals surface area (Å²) < 4.78 is 0. The Morgan fingerprint density at radius 1 is 1.39 bits per heavy atom. The normalized spacial score (nSPS) is 24.6. The Labute approximate surface area is 113 Å². The Morgan fingerprint density at radius 2 is 2.11 bits per heavy atom. The maximum Gasteiger partial charge on any atom is 0.241 e. The molecule has 18 heavy (non-hydrogen) atoms. The highest BCUT2D eigenvalue weighted by Crippen LogP contribution is 2.31. The maximum atomic E-state index is 12.5. The lowest BCUT2D eigenvalue weighted by molar-refractivity contribution is -0.131. The van der Waals surface area contributed by atoms with Crippen molar-refractivity contribution in [2.24, 2.45) is 11.8 Å². The van der Waals surface area contributed by atoms with Crippen LogP contribution < -0.4 is 5.32 Å². The molecule has 1 aliphatic rings. The zero-order valence-electron chi connectivity index (χ0n) is 11.5. The van der Waals surface area contributed by atoms with Gasteiger partial charge in [-0.3, -0.25) is 10.1 Å². The molecule has 3 nitrogen and oxygen atoms in total. The molecule has 100 valence electrons. The van der Waals surface area contributed by atoms with Crippen LogP contribution in [0.15, 0.2) is 17.5 Å². The first-order valence-electron chi connectivity index (χ1n) is 6.60. The molecule has 1 aromatic heterocycles. The van der Waals surface area contributed by atoms with Crippen LogP contribution in [0.5, 0.6) is 0 Å². The van der Waals surface area contributed by atoms with Crippen LogP contribution in [0.4, 0.5) is 0 Å². The van der Waals surface area contributed by atoms with Gasteiger partial charge in [0.05, 0.1) is 6.04 Å². The number of hydrogen-bond acceptors (Lipinski definition) is 3. The SMILES string of the molecule is CC(C)CN1C(=O)C(C(C)C)NC1c1cccs1. The number of rotatable bonds is 4. The molecule has 0 spiro atoms. The number of carbonyl (C=O) groups excluding carboxylic acids is 1. The highest BCUT2D eigenvalue weighted by molar-refractivity contribution is 7.10. The van der Waals surface area contributed by atoms with E-state index in [1.807, 2.05) is 11.0 Å². The predicted molar refractivity (Wildman–Crippen MR) is 75.4 cm³/mol. The van der Waals surface area contributed by atoms with Crippen molar-refractivity contribution in [2.45, 2.75) is 39.9 Å². The van der Waals surface area contributed by atoms with E-state index < -0.39 is 0 Å². The van der Waals surface area contributed by atoms with Gasteiger partial charge < -0.3 is 4.90 Å². The van der Waals surface area contributed by atoms with Gasteiger partial charge in [-0.2, -0.15) is 0 Å². The van der Waals surface area contributed by atoms with E-state index in [1.54, 1.807) is 11.3 Å². The fraction of sp³-hybridized carbons (Fsp3) is 0.643. The standard InChI is InChI=1S/C14H22N2OS/c1-9(2)8-16-13(11-6-5-7-18-11)15-12(10(3)4)14(16)17/h5-7,9-10,12-13,15H,8H2,1-4H3. The summed E-state index contributed by atoms with van der Waals surface area (Å²) in [5.41, 5.74) is 0. The molecular weight excluding hydrogens is 244 g/mol. The van der Waals surface area contributed by atoms with Crippen LogP contribution in [0.1, 0.15) is 38.7 Å². The summed E-state index contributed by atoms with van der Waals surface area (Å²) in [6.45, 7) is 9.32. The van der Waals surface area contributed by atoms with E-state index in [-0.39, 0.29) is 18.1 Å². The molecular formula is C14H22N2OS. The summed E-state index contributed by atoms with van der Waals surface area (Å²) in [5.74, 6) is 1.07. The van der Waals surface area contributed by atoms with E-state index in [9.17, 15) is 4.79 Å². The quantitative estimate of drug-likeness (QED) is 0.909. The van der Waals surface area contributed by atoms with Gasteiger partial charge in [0, 0.05) is 11.4 Å². The van der Waals surface area contributed by atoms with Crippen LogP contribution in [0.25, 0.3) is 0 Å². The first kappa shape index (κ1) is 13.6. The largest absolute Gasteiger partial charge is 0.320 e. The van der Waals surface area contributed by atoms with Gasteiger partial charge in [-0.25, -0.2) is 0 Å². The average Bonchev–Trinajstić information content (AvgIpc) is 2.87. The van der Waals surface area contributed by atoms with Crippen molar-refractivity contribution in [1.29, 1.82) is 0 Å². The lowest BCUT2D eigenvalue weighted by Crippen LogP contribution is -2.35. The Morgan fingerprint density at radius 3 is 2.61 bits per heavy atom. The third-order valence-corrected chi connectivity index (χ3v) is 4.16. The van der Waals surface area contributed by atoms with Gasteiger partial charge in [0.15, 0.2) is 0 Å². The van der Waals surface area contributed by atoms with Crippen molar-refractivity contribution < 1.29 is 4.79 Å². The summed E-state index contributed by atoms with van der Waals surface area (Å²) in [4.78, 5) is 15.7. The minimum absolute atomic E-state index is 0.0455. The molecule has 0 radical (unpaired) electrons. The minimum Gasteiger partial charge on any atom is -0.320 e. The molecule has 1 saturated heterocycles. The number of carbonyl (C=O) groups is 1. The highest BCUT2D eigenvalue weighted by Gasteiger charge is 2.41. The summed E-state index contributed by atoms with van der Waals surface area (Å²) in [6, 6.07) is 4.10. The first-order chi connectivity index (χ1) is 8.50. The van der Waals surface area contributed by atoms with Crippen LogP contribution in [0, 0.1) is 11.8 Å². The second kappa shape index (κ2) is 5.41. The molecule has 1 fully saturated rings. The van der Waals surface area contributed by atoms with Crippen LogP contribution >= 0.6 is 11.3 Å². The Balaban J connectivity index is 2.23. The fourth-order valence-corrected chi connectivity index (χ4v) is 3.18. The van der Waals surface area contributed by atoms with Crippen molar-refractivity contribution in [3.8, 4) is 0 Å². The summed E-state index contributed by atoms with van der Waals surface area (Å²) >= 11 is 1.71. The van der Waals surface area contributed by atoms with E-state index in [4.69, 9.17) is 0 Å². The van der Waals surface area contributed by atoms with Crippen molar-refractivity contribution >= 4 is 17.2 Å². The van der Waals surface area contributed by atoms with Gasteiger partial charge in [0.25, 0.3) is 0 Å². The van der Waals surface area contributed by atoms with Gasteiger partial charge >= 0.3 is 0 Å². The predicted octanol–water partition coefficient (Wildman–Crippen LogP) is 2.86. The fourth-order valence-electron chi connectivity index (χ4n) is 2.39. The number of amides is 1. The molecule has 0 bridgehead atoms. The van der Waals surface area contributed by atoms with Gasteiger partial charge in [-0.05, 0) is 23.3 Å². The van der Waals surface area contributed by atoms with Gasteiger partial charge in [0.2, 0.25) is 5.91 Å². The van der Waals surface area contributed by atoms with Crippen molar-refractivity contribution in [3.05, 3.63) is 22.4 Å². The Hall–Kier alpha value is -0.870. The van der Waals surface area contributed by atoms with E-state index in [0.29, 0.717) is 11.8 Å². The van der Waals surface area contributed by atoms with Crippen molar-refractivity contribution in [1.82, 2.24) is 10.2 Å². The molecule has 2 heterocycles. The molecule has 1 N–H and O–H groups in total. The second-order valence-electron chi connectivity index (χ2n) is 5.69. The molecule has 1 aliphatic heterocycles. The average molecular weight is 266 g/mol. The third-order valence-electron chi connectivity index (χ3n) is 3.24. The molecule has 0 aromatic carbocycles. The molecule has 2 rings (SSSR count). The van der Waals surface area contributed by atoms with Gasteiger partial charge in [-0.15, -0.1) is 11.3 Å². The monoisotopic (exact) mass is 266 g/mol. The summed E-state index contributed by atoms with van der Waals surface area (Å²) in [7, 11) is 0. The molecule has 1 aromatic rings. The molecule has 0 aliphatic carbocycles. The lowest BCUT2D eigenvalue weighted by atomic mass is 10.0. The highest BCUT2D eigenvalue weighted by atomic mass is 32.1. The molecule has 4 heteroatoms. The Bertz CT molecular complexity index is 400. The molecule has 0 saturated carbocycles. The van der Waals surface area contributed by atoms with Crippen LogP contribution in [0.2, 0.25) is 0 Å². The number of hydrogen-bond donors (Lipinski definition) is 1. The third kappa shape index (κ3) is 2.59. The van der Waals surface area contributed by atoms with Gasteiger partial charge in [-0.1, -0.05) is 33.8 Å².